The maximum atomic E-state index is 13.5. The van der Waals surface area contributed by atoms with Gasteiger partial charge in [-0.05, 0) is 36.8 Å². The molecule has 0 unspecified atom stereocenters. The molecule has 22 heavy (non-hydrogen) atoms. The van der Waals surface area contributed by atoms with Crippen LogP contribution in [0.5, 0.6) is 5.75 Å². The Morgan fingerprint density at radius 2 is 1.95 bits per heavy atom. The van der Waals surface area contributed by atoms with Gasteiger partial charge in [0, 0.05) is 6.07 Å². The van der Waals surface area contributed by atoms with Crippen molar-refractivity contribution in [2.24, 2.45) is 0 Å². The van der Waals surface area contributed by atoms with Gasteiger partial charge in [-0.25, -0.2) is 13.6 Å². The van der Waals surface area contributed by atoms with Gasteiger partial charge in [0.05, 0.1) is 18.8 Å². The van der Waals surface area contributed by atoms with E-state index in [9.17, 15) is 13.6 Å². The average molecular weight is 306 g/mol. The van der Waals surface area contributed by atoms with Crippen molar-refractivity contribution in [3.05, 3.63) is 59.7 Å². The smallest absolute Gasteiger partial charge is 0.319 e. The van der Waals surface area contributed by atoms with Gasteiger partial charge >= 0.3 is 6.03 Å². The number of halogens is 2. The number of amides is 2. The Morgan fingerprint density at radius 1 is 1.18 bits per heavy atom. The molecule has 0 aliphatic rings. The molecule has 0 bridgehead atoms. The Bertz CT molecular complexity index is 677. The van der Waals surface area contributed by atoms with Crippen LogP contribution in [0.15, 0.2) is 42.5 Å². The Balaban J connectivity index is 2.01. The highest BCUT2D eigenvalue weighted by Crippen LogP contribution is 2.19. The molecule has 2 rings (SSSR count). The fourth-order valence-corrected chi connectivity index (χ4v) is 1.94. The highest BCUT2D eigenvalue weighted by molar-refractivity contribution is 5.89. The third kappa shape index (κ3) is 3.94. The molecule has 0 spiro atoms. The van der Waals surface area contributed by atoms with Crippen molar-refractivity contribution in [3.8, 4) is 5.75 Å². The molecule has 0 fully saturated rings. The molecule has 2 N–H and O–H groups in total. The highest BCUT2D eigenvalue weighted by Gasteiger charge is 2.12. The quantitative estimate of drug-likeness (QED) is 0.901. The monoisotopic (exact) mass is 306 g/mol. The SMILES string of the molecule is COc1cccc([C@H](C)NC(=O)Nc2ccc(F)cc2F)c1. The van der Waals surface area contributed by atoms with Crippen LogP contribution in [-0.4, -0.2) is 13.1 Å². The summed E-state index contributed by atoms with van der Waals surface area (Å²) in [6.07, 6.45) is 0. The number of rotatable bonds is 4. The normalized spacial score (nSPS) is 11.6. The second-order valence-electron chi connectivity index (χ2n) is 4.72. The van der Waals surface area contributed by atoms with Crippen LogP contribution in [0.25, 0.3) is 0 Å². The van der Waals surface area contributed by atoms with Crippen LogP contribution in [0.1, 0.15) is 18.5 Å². The van der Waals surface area contributed by atoms with Gasteiger partial charge in [-0.3, -0.25) is 0 Å². The standard InChI is InChI=1S/C16H16F2N2O2/c1-10(11-4-3-5-13(8-11)22-2)19-16(21)20-15-7-6-12(17)9-14(15)18/h3-10H,1-2H3,(H2,19,20,21)/t10-/m0/s1. The lowest BCUT2D eigenvalue weighted by Crippen LogP contribution is -2.31. The third-order valence-electron chi connectivity index (χ3n) is 3.12. The van der Waals surface area contributed by atoms with E-state index in [4.69, 9.17) is 4.74 Å². The molecule has 1 atom stereocenters. The topological polar surface area (TPSA) is 50.4 Å². The van der Waals surface area contributed by atoms with Crippen molar-refractivity contribution in [3.63, 3.8) is 0 Å². The number of hydrogen-bond acceptors (Lipinski definition) is 2. The third-order valence-corrected chi connectivity index (χ3v) is 3.12. The summed E-state index contributed by atoms with van der Waals surface area (Å²) in [6.45, 7) is 1.79. The zero-order valence-corrected chi connectivity index (χ0v) is 12.2. The van der Waals surface area contributed by atoms with Crippen LogP contribution in [0.4, 0.5) is 19.3 Å². The maximum Gasteiger partial charge on any atom is 0.319 e. The van der Waals surface area contributed by atoms with Crippen LogP contribution in [0.3, 0.4) is 0 Å². The van der Waals surface area contributed by atoms with Crippen molar-refractivity contribution in [2.45, 2.75) is 13.0 Å². The van der Waals surface area contributed by atoms with Crippen LogP contribution in [-0.2, 0) is 0 Å². The van der Waals surface area contributed by atoms with Crippen molar-refractivity contribution in [2.75, 3.05) is 12.4 Å². The zero-order valence-electron chi connectivity index (χ0n) is 12.2. The highest BCUT2D eigenvalue weighted by atomic mass is 19.1. The molecular formula is C16H16F2N2O2. The molecule has 0 saturated heterocycles. The minimum Gasteiger partial charge on any atom is -0.497 e. The van der Waals surface area contributed by atoms with Gasteiger partial charge in [-0.2, -0.15) is 0 Å². The Morgan fingerprint density at radius 3 is 2.64 bits per heavy atom. The first kappa shape index (κ1) is 15.8. The first-order chi connectivity index (χ1) is 10.5. The molecule has 116 valence electrons. The number of methoxy groups -OCH3 is 1. The summed E-state index contributed by atoms with van der Waals surface area (Å²) >= 11 is 0. The minimum atomic E-state index is -0.829. The molecule has 0 aliphatic heterocycles. The van der Waals surface area contributed by atoms with Crippen LogP contribution >= 0.6 is 0 Å². The summed E-state index contributed by atoms with van der Waals surface area (Å²) in [6, 6.07) is 9.30. The van der Waals surface area contributed by atoms with E-state index in [1.807, 2.05) is 12.1 Å². The predicted molar refractivity (Wildman–Crippen MR) is 79.9 cm³/mol. The number of urea groups is 1. The summed E-state index contributed by atoms with van der Waals surface area (Å²) in [5.41, 5.74) is 0.755. The van der Waals surface area contributed by atoms with Crippen LogP contribution < -0.4 is 15.4 Å². The van der Waals surface area contributed by atoms with E-state index < -0.39 is 17.7 Å². The molecule has 2 aromatic rings. The van der Waals surface area contributed by atoms with Crippen LogP contribution in [0.2, 0.25) is 0 Å². The van der Waals surface area contributed by atoms with Crippen molar-refractivity contribution in [1.82, 2.24) is 5.32 Å². The van der Waals surface area contributed by atoms with Gasteiger partial charge in [-0.1, -0.05) is 12.1 Å². The predicted octanol–water partition coefficient (Wildman–Crippen LogP) is 3.86. The molecule has 2 amide bonds. The average Bonchev–Trinajstić information content (AvgIpc) is 2.50. The second-order valence-corrected chi connectivity index (χ2v) is 4.72. The maximum absolute atomic E-state index is 13.5. The van der Waals surface area contributed by atoms with Crippen molar-refractivity contribution >= 4 is 11.7 Å². The second kappa shape index (κ2) is 6.89. The number of benzene rings is 2. The largest absolute Gasteiger partial charge is 0.497 e. The Kier molecular flexibility index (Phi) is 4.93. The summed E-state index contributed by atoms with van der Waals surface area (Å²) in [7, 11) is 1.56. The number of carbonyl (C=O) groups is 1. The number of nitrogens with one attached hydrogen (secondary N) is 2. The molecule has 0 radical (unpaired) electrons. The van der Waals surface area contributed by atoms with Crippen LogP contribution in [0, 0.1) is 11.6 Å². The molecule has 4 nitrogen and oxygen atoms in total. The van der Waals surface area contributed by atoms with Gasteiger partial charge in [0.2, 0.25) is 0 Å². The van der Waals surface area contributed by atoms with Gasteiger partial charge in [0.15, 0.2) is 0 Å². The van der Waals surface area contributed by atoms with Crippen molar-refractivity contribution < 1.29 is 18.3 Å². The van der Waals surface area contributed by atoms with Gasteiger partial charge < -0.3 is 15.4 Å². The van der Waals surface area contributed by atoms with E-state index in [-0.39, 0.29) is 11.7 Å². The lowest BCUT2D eigenvalue weighted by atomic mass is 10.1. The molecular weight excluding hydrogens is 290 g/mol. The molecule has 2 aromatic carbocycles. The first-order valence-corrected chi connectivity index (χ1v) is 6.66. The van der Waals surface area contributed by atoms with Gasteiger partial charge in [0.25, 0.3) is 0 Å². The molecule has 0 aromatic heterocycles. The van der Waals surface area contributed by atoms with Crippen molar-refractivity contribution in [1.29, 1.82) is 0 Å². The fraction of sp³-hybridized carbons (Fsp3) is 0.188. The number of carbonyl (C=O) groups excluding carboxylic acids is 1. The number of anilines is 1. The van der Waals surface area contributed by atoms with E-state index in [1.54, 1.807) is 26.2 Å². The summed E-state index contributed by atoms with van der Waals surface area (Å²) in [5.74, 6) is -0.853. The molecule has 0 aliphatic carbocycles. The number of hydrogen-bond donors (Lipinski definition) is 2. The molecule has 0 heterocycles. The van der Waals surface area contributed by atoms with Gasteiger partial charge in [0.1, 0.15) is 17.4 Å². The van der Waals surface area contributed by atoms with E-state index in [1.165, 1.54) is 6.07 Å². The number of ether oxygens (including phenoxy) is 1. The summed E-state index contributed by atoms with van der Waals surface area (Å²) in [5, 5.41) is 5.02. The fourth-order valence-electron chi connectivity index (χ4n) is 1.94. The Hall–Kier alpha value is -2.63. The van der Waals surface area contributed by atoms with E-state index in [0.717, 1.165) is 11.6 Å². The Labute approximate surface area is 127 Å². The van der Waals surface area contributed by atoms with E-state index in [2.05, 4.69) is 10.6 Å². The van der Waals surface area contributed by atoms with E-state index >= 15 is 0 Å². The summed E-state index contributed by atoms with van der Waals surface area (Å²) in [4.78, 5) is 11.9. The summed E-state index contributed by atoms with van der Waals surface area (Å²) < 4.78 is 31.4. The lowest BCUT2D eigenvalue weighted by Gasteiger charge is -2.16. The van der Waals surface area contributed by atoms with Gasteiger partial charge in [-0.15, -0.1) is 0 Å². The zero-order chi connectivity index (χ0) is 16.1. The lowest BCUT2D eigenvalue weighted by molar-refractivity contribution is 0.249. The minimum absolute atomic E-state index is 0.0863. The first-order valence-electron chi connectivity index (χ1n) is 6.66. The molecule has 0 saturated carbocycles. The van der Waals surface area contributed by atoms with E-state index in [0.29, 0.717) is 11.8 Å². The molecule has 6 heteroatoms.